The lowest BCUT2D eigenvalue weighted by Crippen LogP contribution is -2.19. The van der Waals surface area contributed by atoms with Crippen LogP contribution in [0.4, 0.5) is 18.9 Å². The Morgan fingerprint density at radius 1 is 1.40 bits per heavy atom. The number of anilines is 1. The highest BCUT2D eigenvalue weighted by Crippen LogP contribution is 2.33. The molecular weight excluding hydrogens is 273 g/mol. The van der Waals surface area contributed by atoms with E-state index in [-0.39, 0.29) is 24.4 Å². The Labute approximate surface area is 115 Å². The number of carbonyl (C=O) groups is 1. The monoisotopic (exact) mass is 290 g/mol. The summed E-state index contributed by atoms with van der Waals surface area (Å²) in [5.41, 5.74) is 4.48. The molecule has 0 aliphatic carbocycles. The predicted octanol–water partition coefficient (Wildman–Crippen LogP) is 2.53. The standard InChI is InChI=1S/C13H17F3N2O2/c1-2-5-20-8-12(19)18-10-4-3-9(7-17)11(6-10)13(14,15)16/h3-4,6H,2,5,7-8,17H2,1H3,(H,18,19). The molecule has 112 valence electrons. The van der Waals surface area contributed by atoms with Crippen molar-refractivity contribution in [3.63, 3.8) is 0 Å². The van der Waals surface area contributed by atoms with Crippen molar-refractivity contribution in [3.8, 4) is 0 Å². The first-order valence-corrected chi connectivity index (χ1v) is 6.16. The van der Waals surface area contributed by atoms with Crippen LogP contribution in [0, 0.1) is 0 Å². The van der Waals surface area contributed by atoms with Crippen molar-refractivity contribution >= 4 is 11.6 Å². The molecule has 0 bridgehead atoms. The number of benzene rings is 1. The summed E-state index contributed by atoms with van der Waals surface area (Å²) in [5.74, 6) is -0.493. The van der Waals surface area contributed by atoms with Gasteiger partial charge in [0, 0.05) is 18.8 Å². The second-order valence-corrected chi connectivity index (χ2v) is 4.17. The molecule has 0 saturated heterocycles. The van der Waals surface area contributed by atoms with E-state index in [0.29, 0.717) is 6.61 Å². The van der Waals surface area contributed by atoms with Crippen molar-refractivity contribution in [3.05, 3.63) is 29.3 Å². The molecule has 0 aromatic heterocycles. The number of nitrogens with one attached hydrogen (secondary N) is 1. The Morgan fingerprint density at radius 3 is 2.65 bits per heavy atom. The van der Waals surface area contributed by atoms with Gasteiger partial charge < -0.3 is 15.8 Å². The van der Waals surface area contributed by atoms with E-state index < -0.39 is 17.6 Å². The lowest BCUT2D eigenvalue weighted by molar-refractivity contribution is -0.138. The highest BCUT2D eigenvalue weighted by molar-refractivity contribution is 5.91. The van der Waals surface area contributed by atoms with Crippen LogP contribution in [0.3, 0.4) is 0 Å². The Bertz CT molecular complexity index is 461. The van der Waals surface area contributed by atoms with E-state index in [4.69, 9.17) is 10.5 Å². The molecule has 3 N–H and O–H groups in total. The molecule has 0 atom stereocenters. The molecule has 1 rings (SSSR count). The Balaban J connectivity index is 2.79. The highest BCUT2D eigenvalue weighted by atomic mass is 19.4. The molecule has 1 aromatic rings. The van der Waals surface area contributed by atoms with Crippen LogP contribution in [-0.4, -0.2) is 19.1 Å². The number of hydrogen-bond acceptors (Lipinski definition) is 3. The van der Waals surface area contributed by atoms with Gasteiger partial charge in [-0.25, -0.2) is 0 Å². The summed E-state index contributed by atoms with van der Waals surface area (Å²) in [5, 5.41) is 2.36. The second-order valence-electron chi connectivity index (χ2n) is 4.17. The van der Waals surface area contributed by atoms with E-state index in [1.54, 1.807) is 0 Å². The van der Waals surface area contributed by atoms with Crippen LogP contribution >= 0.6 is 0 Å². The topological polar surface area (TPSA) is 64.3 Å². The first-order valence-electron chi connectivity index (χ1n) is 6.16. The van der Waals surface area contributed by atoms with Gasteiger partial charge in [-0.15, -0.1) is 0 Å². The second kappa shape index (κ2) is 7.25. The van der Waals surface area contributed by atoms with Gasteiger partial charge in [0.1, 0.15) is 6.61 Å². The number of nitrogens with two attached hydrogens (primary N) is 1. The smallest absolute Gasteiger partial charge is 0.372 e. The quantitative estimate of drug-likeness (QED) is 0.791. The lowest BCUT2D eigenvalue weighted by atomic mass is 10.1. The fourth-order valence-corrected chi connectivity index (χ4v) is 1.60. The SMILES string of the molecule is CCCOCC(=O)Nc1ccc(CN)c(C(F)(F)F)c1. The molecule has 7 heteroatoms. The third-order valence-electron chi connectivity index (χ3n) is 2.50. The van der Waals surface area contributed by atoms with E-state index in [2.05, 4.69) is 5.32 Å². The van der Waals surface area contributed by atoms with Crippen LogP contribution in [0.15, 0.2) is 18.2 Å². The fourth-order valence-electron chi connectivity index (χ4n) is 1.60. The van der Waals surface area contributed by atoms with Gasteiger partial charge in [-0.1, -0.05) is 13.0 Å². The minimum atomic E-state index is -4.51. The van der Waals surface area contributed by atoms with Crippen molar-refractivity contribution < 1.29 is 22.7 Å². The normalized spacial score (nSPS) is 11.4. The summed E-state index contributed by atoms with van der Waals surface area (Å²) in [6, 6.07) is 3.51. The number of ether oxygens (including phenoxy) is 1. The average Bonchev–Trinajstić information content (AvgIpc) is 2.38. The molecule has 0 saturated carbocycles. The Hall–Kier alpha value is -1.60. The largest absolute Gasteiger partial charge is 0.416 e. The number of halogens is 3. The molecule has 0 unspecified atom stereocenters. The van der Waals surface area contributed by atoms with Gasteiger partial charge in [0.25, 0.3) is 0 Å². The summed E-state index contributed by atoms with van der Waals surface area (Å²) >= 11 is 0. The summed E-state index contributed by atoms with van der Waals surface area (Å²) < 4.78 is 43.4. The molecule has 0 radical (unpaired) electrons. The number of hydrogen-bond donors (Lipinski definition) is 2. The van der Waals surface area contributed by atoms with E-state index >= 15 is 0 Å². The van der Waals surface area contributed by atoms with E-state index in [1.165, 1.54) is 12.1 Å². The molecular formula is C13H17F3N2O2. The van der Waals surface area contributed by atoms with Crippen LogP contribution < -0.4 is 11.1 Å². The summed E-state index contributed by atoms with van der Waals surface area (Å²) in [6.45, 7) is 1.91. The first-order chi connectivity index (χ1) is 9.38. The number of alkyl halides is 3. The predicted molar refractivity (Wildman–Crippen MR) is 69.1 cm³/mol. The lowest BCUT2D eigenvalue weighted by Gasteiger charge is -2.14. The van der Waals surface area contributed by atoms with Crippen molar-refractivity contribution in [1.29, 1.82) is 0 Å². The van der Waals surface area contributed by atoms with Crippen molar-refractivity contribution in [2.24, 2.45) is 5.73 Å². The van der Waals surface area contributed by atoms with Crippen LogP contribution in [0.5, 0.6) is 0 Å². The zero-order chi connectivity index (χ0) is 15.2. The van der Waals surface area contributed by atoms with Crippen LogP contribution in [0.1, 0.15) is 24.5 Å². The highest BCUT2D eigenvalue weighted by Gasteiger charge is 2.33. The maximum absolute atomic E-state index is 12.8. The van der Waals surface area contributed by atoms with Crippen LogP contribution in [0.25, 0.3) is 0 Å². The summed E-state index contributed by atoms with van der Waals surface area (Å²) in [7, 11) is 0. The Morgan fingerprint density at radius 2 is 2.10 bits per heavy atom. The molecule has 4 nitrogen and oxygen atoms in total. The zero-order valence-electron chi connectivity index (χ0n) is 11.1. The molecule has 0 heterocycles. The van der Waals surface area contributed by atoms with Crippen molar-refractivity contribution in [2.75, 3.05) is 18.5 Å². The van der Waals surface area contributed by atoms with Crippen molar-refractivity contribution in [1.82, 2.24) is 0 Å². The summed E-state index contributed by atoms with van der Waals surface area (Å²) in [6.07, 6.45) is -3.75. The fraction of sp³-hybridized carbons (Fsp3) is 0.462. The van der Waals surface area contributed by atoms with Gasteiger partial charge in [-0.2, -0.15) is 13.2 Å². The molecule has 0 fully saturated rings. The third-order valence-corrected chi connectivity index (χ3v) is 2.50. The minimum absolute atomic E-state index is 0.0160. The number of carbonyl (C=O) groups excluding carboxylic acids is 1. The van der Waals surface area contributed by atoms with E-state index in [9.17, 15) is 18.0 Å². The van der Waals surface area contributed by atoms with E-state index in [1.807, 2.05) is 6.92 Å². The number of rotatable bonds is 6. The first kappa shape index (κ1) is 16.5. The third kappa shape index (κ3) is 4.82. The molecule has 1 amide bonds. The van der Waals surface area contributed by atoms with Gasteiger partial charge >= 0.3 is 6.18 Å². The van der Waals surface area contributed by atoms with Gasteiger partial charge in [-0.05, 0) is 24.1 Å². The van der Waals surface area contributed by atoms with Crippen LogP contribution in [-0.2, 0) is 22.3 Å². The maximum atomic E-state index is 12.8. The van der Waals surface area contributed by atoms with Gasteiger partial charge in [0.15, 0.2) is 0 Å². The molecule has 0 aliphatic heterocycles. The Kier molecular flexibility index (Phi) is 5.97. The minimum Gasteiger partial charge on any atom is -0.372 e. The number of amides is 1. The summed E-state index contributed by atoms with van der Waals surface area (Å²) in [4.78, 5) is 11.5. The van der Waals surface area contributed by atoms with E-state index in [0.717, 1.165) is 12.5 Å². The van der Waals surface area contributed by atoms with Gasteiger partial charge in [0.05, 0.1) is 5.56 Å². The molecule has 20 heavy (non-hydrogen) atoms. The molecule has 0 spiro atoms. The maximum Gasteiger partial charge on any atom is 0.416 e. The molecule has 1 aromatic carbocycles. The van der Waals surface area contributed by atoms with Crippen LogP contribution in [0.2, 0.25) is 0 Å². The van der Waals surface area contributed by atoms with Gasteiger partial charge in [0.2, 0.25) is 5.91 Å². The average molecular weight is 290 g/mol. The molecule has 0 aliphatic rings. The van der Waals surface area contributed by atoms with Crippen molar-refractivity contribution in [2.45, 2.75) is 26.1 Å². The van der Waals surface area contributed by atoms with Gasteiger partial charge in [-0.3, -0.25) is 4.79 Å². The zero-order valence-corrected chi connectivity index (χ0v) is 11.1.